The van der Waals surface area contributed by atoms with Gasteiger partial charge in [-0.2, -0.15) is 13.2 Å². The predicted molar refractivity (Wildman–Crippen MR) is 235 cm³/mol. The fourth-order valence-electron chi connectivity index (χ4n) is 9.35. The Hall–Kier alpha value is -5.92. The highest BCUT2D eigenvalue weighted by Crippen LogP contribution is 2.46. The van der Waals surface area contributed by atoms with Crippen molar-refractivity contribution in [1.82, 2.24) is 20.0 Å². The van der Waals surface area contributed by atoms with E-state index in [0.29, 0.717) is 63.5 Å². The first-order valence-electron chi connectivity index (χ1n) is 22.9. The van der Waals surface area contributed by atoms with Crippen molar-refractivity contribution in [1.29, 1.82) is 0 Å². The van der Waals surface area contributed by atoms with Crippen LogP contribution in [0, 0.1) is 5.82 Å². The van der Waals surface area contributed by atoms with Crippen LogP contribution in [0.5, 0.6) is 0 Å². The summed E-state index contributed by atoms with van der Waals surface area (Å²) < 4.78 is 60.6. The van der Waals surface area contributed by atoms with Gasteiger partial charge in [-0.15, -0.1) is 0 Å². The smallest absolute Gasteiger partial charge is 0.418 e. The van der Waals surface area contributed by atoms with Gasteiger partial charge >= 0.3 is 12.3 Å². The number of halogens is 4. The third-order valence-corrected chi connectivity index (χ3v) is 13.1. The number of rotatable bonds is 21. The quantitative estimate of drug-likeness (QED) is 0.0322. The Labute approximate surface area is 385 Å². The number of alkyl halides is 3. The van der Waals surface area contributed by atoms with Crippen LogP contribution in [0.4, 0.5) is 33.7 Å². The van der Waals surface area contributed by atoms with Crippen LogP contribution in [0.25, 0.3) is 0 Å². The summed E-state index contributed by atoms with van der Waals surface area (Å²) in [7, 11) is 0. The van der Waals surface area contributed by atoms with Gasteiger partial charge in [0.2, 0.25) is 23.3 Å². The number of benzene rings is 3. The molecule has 3 unspecified atom stereocenters. The maximum absolute atomic E-state index is 13.9. The minimum atomic E-state index is -4.76. The molecule has 5 N–H and O–H groups in total. The van der Waals surface area contributed by atoms with Gasteiger partial charge in [-0.1, -0.05) is 69.2 Å². The van der Waals surface area contributed by atoms with Crippen molar-refractivity contribution in [2.75, 3.05) is 23.7 Å². The Bertz CT molecular complexity index is 2350. The van der Waals surface area contributed by atoms with Gasteiger partial charge in [0.15, 0.2) is 6.23 Å². The number of carbonyl (C=O) groups excluding carboxylic acids is 6. The molecule has 3 aliphatic heterocycles. The maximum Gasteiger partial charge on any atom is 0.418 e. The molecule has 7 rings (SSSR count). The highest BCUT2D eigenvalue weighted by molar-refractivity contribution is 6.06. The molecule has 1 aliphatic carbocycles. The van der Waals surface area contributed by atoms with E-state index in [4.69, 9.17) is 4.74 Å². The van der Waals surface area contributed by atoms with Gasteiger partial charge < -0.3 is 25.6 Å². The van der Waals surface area contributed by atoms with Crippen molar-refractivity contribution in [3.05, 3.63) is 94.3 Å². The van der Waals surface area contributed by atoms with Crippen LogP contribution in [0.2, 0.25) is 0 Å². The van der Waals surface area contributed by atoms with Crippen LogP contribution in [0.15, 0.2) is 60.7 Å². The highest BCUT2D eigenvalue weighted by Gasteiger charge is 2.59. The van der Waals surface area contributed by atoms with Crippen molar-refractivity contribution >= 4 is 47.0 Å². The van der Waals surface area contributed by atoms with Gasteiger partial charge in [0.25, 0.3) is 11.8 Å². The Morgan fingerprint density at radius 2 is 1.58 bits per heavy atom. The molecule has 5 atom stereocenters. The van der Waals surface area contributed by atoms with Crippen molar-refractivity contribution < 1.29 is 61.3 Å². The molecule has 67 heavy (non-hydrogen) atoms. The molecule has 6 amide bonds. The van der Waals surface area contributed by atoms with Crippen LogP contribution < -0.4 is 16.0 Å². The molecule has 4 aliphatic rings. The summed E-state index contributed by atoms with van der Waals surface area (Å²) >= 11 is 0. The summed E-state index contributed by atoms with van der Waals surface area (Å²) in [4.78, 5) is 79.1. The van der Waals surface area contributed by atoms with Crippen molar-refractivity contribution in [2.24, 2.45) is 0 Å². The summed E-state index contributed by atoms with van der Waals surface area (Å²) in [6.45, 7) is 0.323. The van der Waals surface area contributed by atoms with Gasteiger partial charge in [0.05, 0.1) is 6.54 Å². The minimum absolute atomic E-state index is 0.0797. The van der Waals surface area contributed by atoms with Crippen LogP contribution in [0.3, 0.4) is 0 Å². The molecule has 0 aromatic heterocycles. The zero-order valence-corrected chi connectivity index (χ0v) is 37.2. The van der Waals surface area contributed by atoms with Gasteiger partial charge in [-0.25, -0.2) is 14.1 Å². The van der Waals surface area contributed by atoms with Crippen molar-refractivity contribution in [3.63, 3.8) is 0 Å². The van der Waals surface area contributed by atoms with E-state index in [2.05, 4.69) is 16.0 Å². The number of ether oxygens (including phenoxy) is 1. The number of β-amino-alcohol motifs (C(OH)–C–C–N with tert-alkyl or cyclic N) is 1. The van der Waals surface area contributed by atoms with E-state index >= 15 is 0 Å². The SMILES string of the molecule is C[C@H](N(Cc1ccc(F)cc1)C(O)CN1C(=O)O[C@@]2(CCc3cc(NC(=O)CCCCCCCCCCCNc4ccc5c(c4)C(=O)N(C4CCC(=O)NC4=O)C5O)ccc32)C1=O)C(F)(F)F. The molecular formula is C48H56F4N6O9. The first-order chi connectivity index (χ1) is 32.0. The van der Waals surface area contributed by atoms with E-state index in [1.165, 1.54) is 12.1 Å². The average molecular weight is 937 g/mol. The maximum atomic E-state index is 13.9. The lowest BCUT2D eigenvalue weighted by molar-refractivity contribution is -0.204. The molecule has 2 fully saturated rings. The molecule has 3 aromatic rings. The van der Waals surface area contributed by atoms with E-state index in [-0.39, 0.29) is 30.7 Å². The molecule has 3 aromatic carbocycles. The number of piperidine rings is 1. The average Bonchev–Trinajstić information content (AvgIpc) is 3.86. The summed E-state index contributed by atoms with van der Waals surface area (Å²) in [6.07, 6.45) is 0.821. The zero-order valence-electron chi connectivity index (χ0n) is 37.2. The molecule has 1 spiro atoms. The number of nitrogens with zero attached hydrogens (tertiary/aromatic N) is 3. The number of aliphatic hydroxyl groups excluding tert-OH is 2. The number of nitrogens with one attached hydrogen (secondary N) is 3. The molecule has 19 heteroatoms. The number of unbranched alkanes of at least 4 members (excludes halogenated alkanes) is 8. The van der Waals surface area contributed by atoms with Crippen LogP contribution in [-0.2, 0) is 42.5 Å². The number of aryl methyl sites for hydroxylation is 1. The summed E-state index contributed by atoms with van der Waals surface area (Å²) in [6, 6.07) is 11.7. The van der Waals surface area contributed by atoms with E-state index in [1.54, 1.807) is 36.4 Å². The summed E-state index contributed by atoms with van der Waals surface area (Å²) in [5, 5.41) is 30.3. The second kappa shape index (κ2) is 20.9. The van der Waals surface area contributed by atoms with Crippen LogP contribution in [0.1, 0.15) is 129 Å². The van der Waals surface area contributed by atoms with E-state index in [9.17, 15) is 56.5 Å². The second-order valence-electron chi connectivity index (χ2n) is 17.7. The topological polar surface area (TPSA) is 198 Å². The van der Waals surface area contributed by atoms with Crippen LogP contribution in [-0.4, -0.2) is 98.1 Å². The molecule has 0 saturated carbocycles. The number of hydrogen-bond acceptors (Lipinski definition) is 11. The van der Waals surface area contributed by atoms with Crippen LogP contribution >= 0.6 is 0 Å². The molecule has 360 valence electrons. The number of amides is 6. The third-order valence-electron chi connectivity index (χ3n) is 13.1. The number of anilines is 2. The fraction of sp³-hybridized carbons (Fsp3) is 0.500. The number of hydrogen-bond donors (Lipinski definition) is 5. The standard InChI is InChI=1S/C48H56F4N6O9/c1-29(48(50,51)52)56(27-30-12-14-32(49)15-13-30)41(61)28-57-45(65)47(67-46(57)66)23-22-31-25-34(17-19-37(31)47)54-39(59)11-9-7-5-3-2-4-6-8-10-24-53-33-16-18-35-36(26-33)44(64)58(43(35)63)38-20-21-40(60)55-42(38)62/h12-19,25-26,29,38,41,43,53,61,63H,2-11,20-24,27-28H2,1H3,(H,54,59)(H,55,60,62)/t29-,38?,41?,43?,47+/m0/s1. The Morgan fingerprint density at radius 3 is 2.27 bits per heavy atom. The molecule has 0 bridgehead atoms. The summed E-state index contributed by atoms with van der Waals surface area (Å²) in [5.41, 5.74) is 1.67. The molecule has 2 saturated heterocycles. The Kier molecular flexibility index (Phi) is 15.3. The lowest BCUT2D eigenvalue weighted by atomic mass is 9.94. The predicted octanol–water partition coefficient (Wildman–Crippen LogP) is 6.92. The number of imide groups is 2. The largest absolute Gasteiger partial charge is 0.427 e. The van der Waals surface area contributed by atoms with Gasteiger partial charge in [-0.05, 0) is 80.1 Å². The lowest BCUT2D eigenvalue weighted by Gasteiger charge is -2.35. The molecule has 0 radical (unpaired) electrons. The second-order valence-corrected chi connectivity index (χ2v) is 17.7. The monoisotopic (exact) mass is 936 g/mol. The third kappa shape index (κ3) is 11.1. The first-order valence-corrected chi connectivity index (χ1v) is 22.9. The van der Waals surface area contributed by atoms with Gasteiger partial charge in [-0.3, -0.25) is 39.1 Å². The first kappa shape index (κ1) is 49.0. The van der Waals surface area contributed by atoms with E-state index < -0.39 is 84.9 Å². The Morgan fingerprint density at radius 1 is 0.910 bits per heavy atom. The van der Waals surface area contributed by atoms with Crippen molar-refractivity contribution in [2.45, 2.75) is 140 Å². The molecular weight excluding hydrogens is 881 g/mol. The number of aliphatic hydroxyl groups is 2. The minimum Gasteiger partial charge on any atom is -0.427 e. The van der Waals surface area contributed by atoms with E-state index in [1.807, 2.05) is 0 Å². The molecule has 15 nitrogen and oxygen atoms in total. The lowest BCUT2D eigenvalue weighted by Crippen LogP contribution is -2.53. The fourth-order valence-corrected chi connectivity index (χ4v) is 9.35. The van der Waals surface area contributed by atoms with Gasteiger partial charge in [0.1, 0.15) is 24.1 Å². The van der Waals surface area contributed by atoms with E-state index in [0.717, 1.165) is 81.0 Å². The highest BCUT2D eigenvalue weighted by atomic mass is 19.4. The van der Waals surface area contributed by atoms with Crippen molar-refractivity contribution in [3.8, 4) is 0 Å². The molecule has 3 heterocycles. The number of fused-ring (bicyclic) bond motifs is 3. The summed E-state index contributed by atoms with van der Waals surface area (Å²) in [5.74, 6) is -2.97. The zero-order chi connectivity index (χ0) is 48.0. The normalized spacial score (nSPS) is 21.2. The Balaban J connectivity index is 0.774. The number of carbonyl (C=O) groups is 6. The van der Waals surface area contributed by atoms with Gasteiger partial charge in [0, 0.05) is 60.4 Å².